The quantitative estimate of drug-likeness (QED) is 0.717. The van der Waals surface area contributed by atoms with Crippen molar-refractivity contribution < 1.29 is 9.53 Å². The molecule has 0 aromatic carbocycles. The van der Waals surface area contributed by atoms with E-state index in [-0.39, 0.29) is 0 Å². The molecule has 2 aliphatic heterocycles. The first-order chi connectivity index (χ1) is 6.86. The van der Waals surface area contributed by atoms with E-state index < -0.39 is 0 Å². The number of imidazole rings is 1. The maximum absolute atomic E-state index is 10.5. The minimum absolute atomic E-state index is 0.325. The van der Waals surface area contributed by atoms with Gasteiger partial charge in [0.1, 0.15) is 5.82 Å². The predicted octanol–water partition coefficient (Wildman–Crippen LogP) is 1.26. The maximum Gasteiger partial charge on any atom is 0.167 e. The van der Waals surface area contributed by atoms with Crippen molar-refractivity contribution in [2.24, 2.45) is 0 Å². The Kier molecular flexibility index (Phi) is 1.70. The topological polar surface area (TPSA) is 55.0 Å². The van der Waals surface area contributed by atoms with Gasteiger partial charge in [0.15, 0.2) is 6.29 Å². The van der Waals surface area contributed by atoms with Crippen LogP contribution in [0.25, 0.3) is 0 Å². The molecule has 4 heteroatoms. The Hall–Kier alpha value is -1.16. The molecule has 3 unspecified atom stereocenters. The molecular formula is C10H12N2O2. The summed E-state index contributed by atoms with van der Waals surface area (Å²) in [5.41, 5.74) is 0.558. The first-order valence-corrected chi connectivity index (χ1v) is 5.02. The maximum atomic E-state index is 10.5. The summed E-state index contributed by atoms with van der Waals surface area (Å²) in [4.78, 5) is 17.7. The molecule has 1 aromatic rings. The van der Waals surface area contributed by atoms with Gasteiger partial charge in [-0.05, 0) is 19.3 Å². The van der Waals surface area contributed by atoms with E-state index in [9.17, 15) is 4.79 Å². The van der Waals surface area contributed by atoms with Crippen LogP contribution in [0.5, 0.6) is 0 Å². The standard InChI is InChI=1S/C10H12N2O2/c13-5-6-4-11-10(12-6)8-3-7-1-2-9(8)14-7/h4-5,7-9H,1-3H2,(H,11,12). The third-order valence-electron chi connectivity index (χ3n) is 3.20. The smallest absolute Gasteiger partial charge is 0.167 e. The number of rotatable bonds is 2. The highest BCUT2D eigenvalue weighted by atomic mass is 16.5. The van der Waals surface area contributed by atoms with Crippen molar-refractivity contribution in [1.29, 1.82) is 0 Å². The van der Waals surface area contributed by atoms with Crippen molar-refractivity contribution in [2.45, 2.75) is 37.4 Å². The lowest BCUT2D eigenvalue weighted by Crippen LogP contribution is -2.15. The van der Waals surface area contributed by atoms with Crippen molar-refractivity contribution in [3.63, 3.8) is 0 Å². The van der Waals surface area contributed by atoms with E-state index in [4.69, 9.17) is 4.74 Å². The van der Waals surface area contributed by atoms with E-state index >= 15 is 0 Å². The minimum Gasteiger partial charge on any atom is -0.374 e. The highest BCUT2D eigenvalue weighted by Crippen LogP contribution is 2.43. The number of carbonyl (C=O) groups excluding carboxylic acids is 1. The van der Waals surface area contributed by atoms with Gasteiger partial charge in [-0.2, -0.15) is 0 Å². The molecule has 2 saturated heterocycles. The highest BCUT2D eigenvalue weighted by Gasteiger charge is 2.42. The zero-order chi connectivity index (χ0) is 9.54. The van der Waals surface area contributed by atoms with Gasteiger partial charge in [0.2, 0.25) is 0 Å². The molecule has 1 aromatic heterocycles. The van der Waals surface area contributed by atoms with Crippen molar-refractivity contribution in [3.8, 4) is 0 Å². The number of aldehydes is 1. The SMILES string of the molecule is O=Cc1cnc(C2CC3CCC2O3)[nH]1. The largest absolute Gasteiger partial charge is 0.374 e. The summed E-state index contributed by atoms with van der Waals surface area (Å²) in [7, 11) is 0. The molecule has 2 aliphatic rings. The lowest BCUT2D eigenvalue weighted by atomic mass is 9.89. The van der Waals surface area contributed by atoms with Crippen molar-refractivity contribution >= 4 is 6.29 Å². The number of carbonyl (C=O) groups is 1. The zero-order valence-corrected chi connectivity index (χ0v) is 7.77. The molecule has 0 saturated carbocycles. The second kappa shape index (κ2) is 2.92. The lowest BCUT2D eigenvalue weighted by Gasteiger charge is -2.15. The predicted molar refractivity (Wildman–Crippen MR) is 49.2 cm³/mol. The molecule has 0 radical (unpaired) electrons. The number of hydrogen-bond acceptors (Lipinski definition) is 3. The highest BCUT2D eigenvalue weighted by molar-refractivity contribution is 5.71. The summed E-state index contributed by atoms with van der Waals surface area (Å²) in [5, 5.41) is 0. The Morgan fingerprint density at radius 3 is 3.07 bits per heavy atom. The average Bonchev–Trinajstić information content (AvgIpc) is 2.93. The van der Waals surface area contributed by atoms with Gasteiger partial charge in [-0.25, -0.2) is 4.98 Å². The van der Waals surface area contributed by atoms with Crippen LogP contribution in [0.3, 0.4) is 0 Å². The van der Waals surface area contributed by atoms with E-state index in [0.717, 1.165) is 25.0 Å². The fourth-order valence-corrected chi connectivity index (χ4v) is 2.53. The van der Waals surface area contributed by atoms with Crippen LogP contribution in [-0.4, -0.2) is 28.5 Å². The second-order valence-corrected chi connectivity index (χ2v) is 4.06. The Morgan fingerprint density at radius 2 is 2.50 bits per heavy atom. The van der Waals surface area contributed by atoms with Gasteiger partial charge in [0, 0.05) is 5.92 Å². The van der Waals surface area contributed by atoms with E-state index in [1.54, 1.807) is 6.20 Å². The van der Waals surface area contributed by atoms with Crippen molar-refractivity contribution in [1.82, 2.24) is 9.97 Å². The minimum atomic E-state index is 0.325. The first kappa shape index (κ1) is 8.17. The molecule has 0 spiro atoms. The molecule has 3 heterocycles. The van der Waals surface area contributed by atoms with Crippen LogP contribution in [0.2, 0.25) is 0 Å². The van der Waals surface area contributed by atoms with Crippen LogP contribution in [0.1, 0.15) is 41.5 Å². The van der Waals surface area contributed by atoms with Crippen LogP contribution >= 0.6 is 0 Å². The molecule has 0 aliphatic carbocycles. The summed E-state index contributed by atoms with van der Waals surface area (Å²) in [6.45, 7) is 0. The normalized spacial score (nSPS) is 35.0. The molecule has 1 N–H and O–H groups in total. The summed E-state index contributed by atoms with van der Waals surface area (Å²) in [5.74, 6) is 1.29. The van der Waals surface area contributed by atoms with Crippen molar-refractivity contribution in [3.05, 3.63) is 17.7 Å². The van der Waals surface area contributed by atoms with E-state index in [1.807, 2.05) is 0 Å². The number of aromatic amines is 1. The van der Waals surface area contributed by atoms with Crippen LogP contribution in [0.15, 0.2) is 6.20 Å². The number of nitrogens with zero attached hydrogens (tertiary/aromatic N) is 1. The summed E-state index contributed by atoms with van der Waals surface area (Å²) in [6, 6.07) is 0. The van der Waals surface area contributed by atoms with Gasteiger partial charge >= 0.3 is 0 Å². The first-order valence-electron chi connectivity index (χ1n) is 5.02. The third kappa shape index (κ3) is 1.10. The number of hydrogen-bond donors (Lipinski definition) is 1. The van der Waals surface area contributed by atoms with Gasteiger partial charge in [0.25, 0.3) is 0 Å². The van der Waals surface area contributed by atoms with Gasteiger partial charge in [-0.3, -0.25) is 4.79 Å². The molecular weight excluding hydrogens is 180 g/mol. The molecule has 3 atom stereocenters. The van der Waals surface area contributed by atoms with E-state index in [2.05, 4.69) is 9.97 Å². The number of H-pyrrole nitrogens is 1. The summed E-state index contributed by atoms with van der Waals surface area (Å²) < 4.78 is 5.73. The number of nitrogens with one attached hydrogen (secondary N) is 1. The van der Waals surface area contributed by atoms with E-state index in [0.29, 0.717) is 23.8 Å². The molecule has 3 rings (SSSR count). The van der Waals surface area contributed by atoms with Gasteiger partial charge in [-0.1, -0.05) is 0 Å². The number of ether oxygens (including phenoxy) is 1. The monoisotopic (exact) mass is 192 g/mol. The van der Waals surface area contributed by atoms with Crippen molar-refractivity contribution in [2.75, 3.05) is 0 Å². The summed E-state index contributed by atoms with van der Waals surface area (Å²) >= 11 is 0. The molecule has 0 amide bonds. The molecule has 2 bridgehead atoms. The molecule has 74 valence electrons. The summed E-state index contributed by atoms with van der Waals surface area (Å²) in [6.07, 6.45) is 6.50. The van der Waals surface area contributed by atoms with Crippen LogP contribution in [0, 0.1) is 0 Å². The Balaban J connectivity index is 1.85. The Labute approximate surface area is 81.7 Å². The Bertz CT molecular complexity index is 361. The average molecular weight is 192 g/mol. The third-order valence-corrected chi connectivity index (χ3v) is 3.20. The number of aromatic nitrogens is 2. The second-order valence-electron chi connectivity index (χ2n) is 4.06. The van der Waals surface area contributed by atoms with Crippen LogP contribution in [0.4, 0.5) is 0 Å². The fourth-order valence-electron chi connectivity index (χ4n) is 2.53. The lowest BCUT2D eigenvalue weighted by molar-refractivity contribution is 0.0998. The van der Waals surface area contributed by atoms with Crippen LogP contribution < -0.4 is 0 Å². The molecule has 2 fully saturated rings. The molecule has 4 nitrogen and oxygen atoms in total. The van der Waals surface area contributed by atoms with Crippen LogP contribution in [-0.2, 0) is 4.74 Å². The fraction of sp³-hybridized carbons (Fsp3) is 0.600. The van der Waals surface area contributed by atoms with Gasteiger partial charge < -0.3 is 9.72 Å². The zero-order valence-electron chi connectivity index (χ0n) is 7.77. The Morgan fingerprint density at radius 1 is 1.57 bits per heavy atom. The van der Waals surface area contributed by atoms with Gasteiger partial charge in [-0.15, -0.1) is 0 Å². The number of fused-ring (bicyclic) bond motifs is 2. The molecule has 14 heavy (non-hydrogen) atoms. The van der Waals surface area contributed by atoms with E-state index in [1.165, 1.54) is 6.42 Å². The van der Waals surface area contributed by atoms with Gasteiger partial charge in [0.05, 0.1) is 24.1 Å².